The molecular weight excluding hydrogens is 607 g/mol. The van der Waals surface area contributed by atoms with Gasteiger partial charge in [-0.2, -0.15) is 13.2 Å². The van der Waals surface area contributed by atoms with Crippen molar-refractivity contribution in [2.75, 3.05) is 20.8 Å². The number of alkyl halides is 3. The van der Waals surface area contributed by atoms with E-state index in [4.69, 9.17) is 18.6 Å². The highest BCUT2D eigenvalue weighted by atomic mass is 19.4. The van der Waals surface area contributed by atoms with Gasteiger partial charge in [0.1, 0.15) is 34.6 Å². The number of benzene rings is 2. The first-order chi connectivity index (χ1) is 21.1. The standard InChI is InChI=1S/C30H29F5N4O6/c1-29(2,3)44-14-20(37-28(41)43-5)25-24(26(40)36-13-15-6-7-16(31)12-19(15)32)39-27(45-25)18-8-10-21(42-4)23-17(18)9-11-22(38-23)30(33,34)35/h6-12,20H,13-14H2,1-5H3,(H,36,40)(H,37,41)/t20-/m0/s1. The highest BCUT2D eigenvalue weighted by molar-refractivity contribution is 5.98. The van der Waals surface area contributed by atoms with Gasteiger partial charge in [0.2, 0.25) is 5.89 Å². The second-order valence-corrected chi connectivity index (χ2v) is 10.7. The van der Waals surface area contributed by atoms with Crippen LogP contribution in [0.2, 0.25) is 0 Å². The Morgan fingerprint density at radius 3 is 2.36 bits per heavy atom. The number of nitrogens with one attached hydrogen (secondary N) is 2. The molecule has 0 spiro atoms. The number of aromatic nitrogens is 2. The van der Waals surface area contributed by atoms with E-state index < -0.39 is 47.1 Å². The largest absolute Gasteiger partial charge is 0.494 e. The number of ether oxygens (including phenoxy) is 3. The number of carbonyl (C=O) groups is 2. The number of hydrogen-bond donors (Lipinski definition) is 2. The highest BCUT2D eigenvalue weighted by Gasteiger charge is 2.34. The lowest BCUT2D eigenvalue weighted by Gasteiger charge is -2.24. The van der Waals surface area contributed by atoms with Gasteiger partial charge in [0, 0.05) is 29.1 Å². The van der Waals surface area contributed by atoms with Crippen molar-refractivity contribution in [3.05, 3.63) is 76.8 Å². The van der Waals surface area contributed by atoms with Crippen LogP contribution in [0.3, 0.4) is 0 Å². The summed E-state index contributed by atoms with van der Waals surface area (Å²) in [7, 11) is 2.39. The molecule has 2 aromatic heterocycles. The van der Waals surface area contributed by atoms with Crippen molar-refractivity contribution in [3.8, 4) is 17.2 Å². The number of oxazole rings is 1. The lowest BCUT2D eigenvalue weighted by molar-refractivity contribution is -0.140. The number of amides is 2. The number of fused-ring (bicyclic) bond motifs is 1. The van der Waals surface area contributed by atoms with Gasteiger partial charge in [0.25, 0.3) is 5.91 Å². The smallest absolute Gasteiger partial charge is 0.433 e. The summed E-state index contributed by atoms with van der Waals surface area (Å²) in [6.07, 6.45) is -5.63. The maximum atomic E-state index is 14.3. The first-order valence-electron chi connectivity index (χ1n) is 13.4. The first-order valence-corrected chi connectivity index (χ1v) is 13.4. The minimum absolute atomic E-state index is 0.0250. The van der Waals surface area contributed by atoms with Crippen molar-refractivity contribution in [1.82, 2.24) is 20.6 Å². The lowest BCUT2D eigenvalue weighted by atomic mass is 10.1. The molecule has 1 atom stereocenters. The van der Waals surface area contributed by atoms with Crippen molar-refractivity contribution in [2.24, 2.45) is 0 Å². The predicted octanol–water partition coefficient (Wildman–Crippen LogP) is 6.34. The Morgan fingerprint density at radius 1 is 1.00 bits per heavy atom. The number of rotatable bonds is 9. The van der Waals surface area contributed by atoms with Crippen LogP contribution in [-0.2, 0) is 22.2 Å². The molecule has 0 unspecified atom stereocenters. The van der Waals surface area contributed by atoms with Gasteiger partial charge in [0.05, 0.1) is 26.4 Å². The van der Waals surface area contributed by atoms with Crippen LogP contribution in [0.4, 0.5) is 26.7 Å². The minimum atomic E-state index is -4.74. The van der Waals surface area contributed by atoms with Crippen LogP contribution < -0.4 is 15.4 Å². The van der Waals surface area contributed by atoms with Crippen molar-refractivity contribution < 1.29 is 50.2 Å². The molecule has 10 nitrogen and oxygen atoms in total. The van der Waals surface area contributed by atoms with Gasteiger partial charge in [-0.1, -0.05) is 6.07 Å². The fraction of sp³-hybridized carbons (Fsp3) is 0.333. The summed E-state index contributed by atoms with van der Waals surface area (Å²) in [5.41, 5.74) is -2.24. The molecule has 0 saturated carbocycles. The Morgan fingerprint density at radius 2 is 1.73 bits per heavy atom. The SMILES string of the molecule is COC(=O)N[C@@H](COC(C)(C)C)c1oc(-c2ccc(OC)c3nc(C(F)(F)F)ccc23)nc1C(=O)NCc1ccc(F)cc1F. The summed E-state index contributed by atoms with van der Waals surface area (Å²) in [5.74, 6) is -2.94. The van der Waals surface area contributed by atoms with E-state index in [1.165, 1.54) is 19.2 Å². The molecule has 0 bridgehead atoms. The molecule has 4 aromatic rings. The number of alkyl carbamates (subject to hydrolysis) is 1. The molecule has 0 radical (unpaired) electrons. The van der Waals surface area contributed by atoms with Crippen LogP contribution >= 0.6 is 0 Å². The number of methoxy groups -OCH3 is 2. The molecule has 45 heavy (non-hydrogen) atoms. The number of halogens is 5. The number of carbonyl (C=O) groups excluding carboxylic acids is 2. The number of nitrogens with zero attached hydrogens (tertiary/aromatic N) is 2. The molecule has 4 rings (SSSR count). The molecule has 2 aromatic carbocycles. The third-order valence-electron chi connectivity index (χ3n) is 6.36. The van der Waals surface area contributed by atoms with Crippen LogP contribution in [0, 0.1) is 11.6 Å². The topological polar surface area (TPSA) is 125 Å². The zero-order valence-corrected chi connectivity index (χ0v) is 24.8. The van der Waals surface area contributed by atoms with E-state index in [9.17, 15) is 31.5 Å². The van der Waals surface area contributed by atoms with Gasteiger partial charge < -0.3 is 29.3 Å². The molecule has 2 N–H and O–H groups in total. The quantitative estimate of drug-likeness (QED) is 0.204. The molecule has 0 saturated heterocycles. The average molecular weight is 637 g/mol. The zero-order chi connectivity index (χ0) is 33.1. The Labute approximate surface area is 253 Å². The molecular formula is C30H29F5N4O6. The molecule has 2 heterocycles. The van der Waals surface area contributed by atoms with Gasteiger partial charge in [-0.3, -0.25) is 4.79 Å². The van der Waals surface area contributed by atoms with Crippen molar-refractivity contribution in [1.29, 1.82) is 0 Å². The summed E-state index contributed by atoms with van der Waals surface area (Å²) in [5, 5.41) is 5.17. The molecule has 0 fully saturated rings. The van der Waals surface area contributed by atoms with Gasteiger partial charge in [-0.25, -0.2) is 23.5 Å². The molecule has 240 valence electrons. The van der Waals surface area contributed by atoms with E-state index >= 15 is 0 Å². The molecule has 0 aliphatic carbocycles. The van der Waals surface area contributed by atoms with Gasteiger partial charge >= 0.3 is 12.3 Å². The summed E-state index contributed by atoms with van der Waals surface area (Å²) in [6.45, 7) is 4.68. The monoisotopic (exact) mass is 636 g/mol. The summed E-state index contributed by atoms with van der Waals surface area (Å²) < 4.78 is 89.8. The van der Waals surface area contributed by atoms with Crippen LogP contribution in [0.15, 0.2) is 46.9 Å². The highest BCUT2D eigenvalue weighted by Crippen LogP contribution is 2.38. The predicted molar refractivity (Wildman–Crippen MR) is 150 cm³/mol. The van der Waals surface area contributed by atoms with E-state index in [1.807, 2.05) is 0 Å². The Hall–Kier alpha value is -4.79. The van der Waals surface area contributed by atoms with Crippen LogP contribution in [0.25, 0.3) is 22.4 Å². The van der Waals surface area contributed by atoms with Gasteiger partial charge in [0.15, 0.2) is 11.5 Å². The third-order valence-corrected chi connectivity index (χ3v) is 6.36. The first kappa shape index (κ1) is 33.1. The number of pyridine rings is 1. The number of hydrogen-bond acceptors (Lipinski definition) is 8. The van der Waals surface area contributed by atoms with Crippen LogP contribution in [0.5, 0.6) is 5.75 Å². The molecule has 2 amide bonds. The Bertz CT molecular complexity index is 1720. The maximum absolute atomic E-state index is 14.3. The fourth-order valence-electron chi connectivity index (χ4n) is 4.19. The summed E-state index contributed by atoms with van der Waals surface area (Å²) in [4.78, 5) is 33.8. The van der Waals surface area contributed by atoms with Crippen molar-refractivity contribution in [3.63, 3.8) is 0 Å². The van der Waals surface area contributed by atoms with E-state index in [0.29, 0.717) is 6.07 Å². The van der Waals surface area contributed by atoms with Crippen LogP contribution in [-0.4, -0.2) is 48.4 Å². The maximum Gasteiger partial charge on any atom is 0.433 e. The van der Waals surface area contributed by atoms with E-state index in [1.54, 1.807) is 20.8 Å². The molecule has 0 aliphatic heterocycles. The van der Waals surface area contributed by atoms with E-state index in [-0.39, 0.29) is 58.3 Å². The second kappa shape index (κ2) is 13.1. The second-order valence-electron chi connectivity index (χ2n) is 10.7. The normalized spacial score (nSPS) is 12.6. The summed E-state index contributed by atoms with van der Waals surface area (Å²) in [6, 6.07) is 6.45. The summed E-state index contributed by atoms with van der Waals surface area (Å²) >= 11 is 0. The third kappa shape index (κ3) is 7.84. The van der Waals surface area contributed by atoms with Crippen LogP contribution in [0.1, 0.15) is 54.3 Å². The average Bonchev–Trinajstić information content (AvgIpc) is 3.42. The fourth-order valence-corrected chi connectivity index (χ4v) is 4.19. The Kier molecular flexibility index (Phi) is 9.61. The van der Waals surface area contributed by atoms with E-state index in [2.05, 4.69) is 20.6 Å². The lowest BCUT2D eigenvalue weighted by Crippen LogP contribution is -2.35. The molecule has 15 heteroatoms. The van der Waals surface area contributed by atoms with E-state index in [0.717, 1.165) is 31.4 Å². The van der Waals surface area contributed by atoms with Gasteiger partial charge in [-0.15, -0.1) is 0 Å². The van der Waals surface area contributed by atoms with Gasteiger partial charge in [-0.05, 0) is 51.1 Å². The minimum Gasteiger partial charge on any atom is -0.494 e. The molecule has 0 aliphatic rings. The Balaban J connectivity index is 1.85. The van der Waals surface area contributed by atoms with Crippen molar-refractivity contribution in [2.45, 2.75) is 45.1 Å². The zero-order valence-electron chi connectivity index (χ0n) is 24.8. The van der Waals surface area contributed by atoms with Crippen molar-refractivity contribution >= 4 is 22.9 Å².